The van der Waals surface area contributed by atoms with Crippen LogP contribution in [-0.2, 0) is 4.79 Å². The van der Waals surface area contributed by atoms with Gasteiger partial charge in [-0.2, -0.15) is 0 Å². The molecule has 0 saturated heterocycles. The zero-order valence-electron chi connectivity index (χ0n) is 11.4. The van der Waals surface area contributed by atoms with Gasteiger partial charge in [-0.15, -0.1) is 0 Å². The van der Waals surface area contributed by atoms with E-state index in [4.69, 9.17) is 5.73 Å². The van der Waals surface area contributed by atoms with Gasteiger partial charge in [0, 0.05) is 19.0 Å². The molecule has 1 fully saturated rings. The Morgan fingerprint density at radius 3 is 2.53 bits per heavy atom. The van der Waals surface area contributed by atoms with Crippen molar-refractivity contribution in [1.82, 2.24) is 5.32 Å². The first-order chi connectivity index (χ1) is 8.09. The lowest BCUT2D eigenvalue weighted by molar-refractivity contribution is -0.121. The summed E-state index contributed by atoms with van der Waals surface area (Å²) in [6.07, 6.45) is 8.44. The molecule has 0 heterocycles. The molecule has 1 rings (SSSR count). The molecule has 1 saturated carbocycles. The van der Waals surface area contributed by atoms with E-state index in [0.29, 0.717) is 12.3 Å². The largest absolute Gasteiger partial charge is 0.356 e. The van der Waals surface area contributed by atoms with Gasteiger partial charge in [-0.05, 0) is 18.3 Å². The molecule has 0 aromatic rings. The number of hydrogen-bond donors (Lipinski definition) is 2. The molecule has 3 nitrogen and oxygen atoms in total. The quantitative estimate of drug-likeness (QED) is 0.749. The summed E-state index contributed by atoms with van der Waals surface area (Å²) in [5.74, 6) is 1.32. The van der Waals surface area contributed by atoms with Gasteiger partial charge >= 0.3 is 0 Å². The van der Waals surface area contributed by atoms with E-state index in [-0.39, 0.29) is 11.9 Å². The average Bonchev–Trinajstić information content (AvgIpc) is 2.30. The van der Waals surface area contributed by atoms with Crippen molar-refractivity contribution >= 4 is 5.91 Å². The van der Waals surface area contributed by atoms with Crippen LogP contribution >= 0.6 is 0 Å². The summed E-state index contributed by atoms with van der Waals surface area (Å²) in [7, 11) is 0. The highest BCUT2D eigenvalue weighted by Gasteiger charge is 2.15. The summed E-state index contributed by atoms with van der Waals surface area (Å²) in [6, 6.07) is -0.00956. The van der Waals surface area contributed by atoms with Gasteiger partial charge in [-0.1, -0.05) is 46.0 Å². The van der Waals surface area contributed by atoms with E-state index in [1.165, 1.54) is 32.1 Å². The van der Waals surface area contributed by atoms with Crippen molar-refractivity contribution in [3.05, 3.63) is 0 Å². The third kappa shape index (κ3) is 6.06. The molecule has 1 atom stereocenters. The summed E-state index contributed by atoms with van der Waals surface area (Å²) >= 11 is 0. The molecule has 100 valence electrons. The van der Waals surface area contributed by atoms with Crippen LogP contribution in [0.25, 0.3) is 0 Å². The summed E-state index contributed by atoms with van der Waals surface area (Å²) < 4.78 is 0. The third-order valence-corrected chi connectivity index (χ3v) is 3.88. The van der Waals surface area contributed by atoms with Gasteiger partial charge in [-0.3, -0.25) is 4.79 Å². The third-order valence-electron chi connectivity index (χ3n) is 3.88. The second-order valence-corrected chi connectivity index (χ2v) is 5.75. The molecular formula is C14H28N2O. The Morgan fingerprint density at radius 1 is 1.29 bits per heavy atom. The van der Waals surface area contributed by atoms with Crippen LogP contribution in [0.2, 0.25) is 0 Å². The Hall–Kier alpha value is -0.570. The number of carbonyl (C=O) groups excluding carboxylic acids is 1. The van der Waals surface area contributed by atoms with Crippen molar-refractivity contribution in [2.24, 2.45) is 17.6 Å². The molecule has 0 aromatic carbocycles. The Balaban J connectivity index is 2.07. The monoisotopic (exact) mass is 240 g/mol. The van der Waals surface area contributed by atoms with Crippen LogP contribution in [0.4, 0.5) is 0 Å². The number of rotatable bonds is 6. The summed E-state index contributed by atoms with van der Waals surface area (Å²) in [6.45, 7) is 4.94. The molecule has 1 aliphatic rings. The topological polar surface area (TPSA) is 55.1 Å². The predicted octanol–water partition coefficient (Wildman–Crippen LogP) is 2.45. The van der Waals surface area contributed by atoms with Gasteiger partial charge in [-0.25, -0.2) is 0 Å². The maximum atomic E-state index is 11.6. The first-order valence-corrected chi connectivity index (χ1v) is 7.12. The molecule has 0 aliphatic heterocycles. The molecule has 0 bridgehead atoms. The van der Waals surface area contributed by atoms with Crippen LogP contribution in [0.15, 0.2) is 0 Å². The summed E-state index contributed by atoms with van der Waals surface area (Å²) in [4.78, 5) is 11.6. The summed E-state index contributed by atoms with van der Waals surface area (Å²) in [5, 5.41) is 3.00. The first kappa shape index (κ1) is 14.5. The molecule has 1 aliphatic carbocycles. The van der Waals surface area contributed by atoms with Gasteiger partial charge in [0.15, 0.2) is 0 Å². The SMILES string of the molecule is CC(C)C(N)CC(=O)NCCC1CCCCC1. The Morgan fingerprint density at radius 2 is 1.94 bits per heavy atom. The number of nitrogens with one attached hydrogen (secondary N) is 1. The van der Waals surface area contributed by atoms with Gasteiger partial charge in [0.2, 0.25) is 5.91 Å². The minimum absolute atomic E-state index is 0.00956. The normalized spacial score (nSPS) is 19.3. The Kier molecular flexibility index (Phi) is 6.56. The highest BCUT2D eigenvalue weighted by atomic mass is 16.1. The van der Waals surface area contributed by atoms with Crippen molar-refractivity contribution in [3.63, 3.8) is 0 Å². The van der Waals surface area contributed by atoms with E-state index in [9.17, 15) is 4.79 Å². The van der Waals surface area contributed by atoms with Gasteiger partial charge in [0.25, 0.3) is 0 Å². The van der Waals surface area contributed by atoms with Crippen molar-refractivity contribution in [2.75, 3.05) is 6.54 Å². The van der Waals surface area contributed by atoms with Crippen LogP contribution < -0.4 is 11.1 Å². The maximum absolute atomic E-state index is 11.6. The highest BCUT2D eigenvalue weighted by molar-refractivity contribution is 5.76. The lowest BCUT2D eigenvalue weighted by Gasteiger charge is -2.21. The minimum atomic E-state index is -0.00956. The molecule has 0 spiro atoms. The second-order valence-electron chi connectivity index (χ2n) is 5.75. The fourth-order valence-corrected chi connectivity index (χ4v) is 2.41. The van der Waals surface area contributed by atoms with Crippen molar-refractivity contribution in [2.45, 2.75) is 64.8 Å². The van der Waals surface area contributed by atoms with E-state index in [0.717, 1.165) is 18.9 Å². The standard InChI is InChI=1S/C14H28N2O/c1-11(2)13(15)10-14(17)16-9-8-12-6-4-3-5-7-12/h11-13H,3-10,15H2,1-2H3,(H,16,17). The lowest BCUT2D eigenvalue weighted by Crippen LogP contribution is -2.35. The molecule has 17 heavy (non-hydrogen) atoms. The first-order valence-electron chi connectivity index (χ1n) is 7.12. The Bertz CT molecular complexity index is 222. The smallest absolute Gasteiger partial charge is 0.221 e. The second kappa shape index (κ2) is 7.70. The number of amides is 1. The van der Waals surface area contributed by atoms with Gasteiger partial charge < -0.3 is 11.1 Å². The number of nitrogens with two attached hydrogens (primary N) is 1. The molecular weight excluding hydrogens is 212 g/mol. The van der Waals surface area contributed by atoms with Crippen LogP contribution in [0, 0.1) is 11.8 Å². The zero-order valence-corrected chi connectivity index (χ0v) is 11.4. The van der Waals surface area contributed by atoms with Crippen LogP contribution in [0.5, 0.6) is 0 Å². The van der Waals surface area contributed by atoms with E-state index in [2.05, 4.69) is 19.2 Å². The van der Waals surface area contributed by atoms with Crippen LogP contribution in [0.3, 0.4) is 0 Å². The summed E-state index contributed by atoms with van der Waals surface area (Å²) in [5.41, 5.74) is 5.87. The molecule has 1 unspecified atom stereocenters. The van der Waals surface area contributed by atoms with E-state index in [1.54, 1.807) is 0 Å². The van der Waals surface area contributed by atoms with Gasteiger partial charge in [0.05, 0.1) is 0 Å². The highest BCUT2D eigenvalue weighted by Crippen LogP contribution is 2.25. The minimum Gasteiger partial charge on any atom is -0.356 e. The zero-order chi connectivity index (χ0) is 12.7. The van der Waals surface area contributed by atoms with Crippen molar-refractivity contribution in [3.8, 4) is 0 Å². The van der Waals surface area contributed by atoms with E-state index < -0.39 is 0 Å². The van der Waals surface area contributed by atoms with E-state index >= 15 is 0 Å². The predicted molar refractivity (Wildman–Crippen MR) is 71.6 cm³/mol. The Labute approximate surface area is 106 Å². The maximum Gasteiger partial charge on any atom is 0.221 e. The number of carbonyl (C=O) groups is 1. The fourth-order valence-electron chi connectivity index (χ4n) is 2.41. The van der Waals surface area contributed by atoms with Crippen molar-refractivity contribution < 1.29 is 4.79 Å². The molecule has 0 radical (unpaired) electrons. The van der Waals surface area contributed by atoms with Crippen molar-refractivity contribution in [1.29, 1.82) is 0 Å². The number of hydrogen-bond acceptors (Lipinski definition) is 2. The molecule has 0 aromatic heterocycles. The molecule has 3 N–H and O–H groups in total. The molecule has 3 heteroatoms. The van der Waals surface area contributed by atoms with Crippen LogP contribution in [0.1, 0.15) is 58.8 Å². The lowest BCUT2D eigenvalue weighted by atomic mass is 9.87. The average molecular weight is 240 g/mol. The van der Waals surface area contributed by atoms with Crippen LogP contribution in [-0.4, -0.2) is 18.5 Å². The fraction of sp³-hybridized carbons (Fsp3) is 0.929. The van der Waals surface area contributed by atoms with Gasteiger partial charge in [0.1, 0.15) is 0 Å². The molecule has 1 amide bonds. The van der Waals surface area contributed by atoms with E-state index in [1.807, 2.05) is 0 Å².